The van der Waals surface area contributed by atoms with Gasteiger partial charge in [-0.25, -0.2) is 0 Å². The van der Waals surface area contributed by atoms with Gasteiger partial charge in [0.25, 0.3) is 5.91 Å². The minimum absolute atomic E-state index is 0.304. The molecule has 0 fully saturated rings. The molecule has 8 heteroatoms. The van der Waals surface area contributed by atoms with Crippen LogP contribution < -0.4 is 16.6 Å². The molecule has 112 valence electrons. The molecule has 0 aliphatic heterocycles. The Kier molecular flexibility index (Phi) is 4.85. The van der Waals surface area contributed by atoms with Crippen LogP contribution in [0.15, 0.2) is 24.7 Å². The van der Waals surface area contributed by atoms with Crippen molar-refractivity contribution in [3.8, 4) is 0 Å². The summed E-state index contributed by atoms with van der Waals surface area (Å²) in [5.74, 6) is 5.12. The number of nitrogens with zero attached hydrogens (tertiary/aromatic N) is 3. The van der Waals surface area contributed by atoms with Gasteiger partial charge in [-0.3, -0.25) is 20.3 Å². The highest BCUT2D eigenvalue weighted by molar-refractivity contribution is 6.07. The number of rotatable bonds is 6. The summed E-state index contributed by atoms with van der Waals surface area (Å²) >= 11 is 0. The Morgan fingerprint density at radius 2 is 2.29 bits per heavy atom. The van der Waals surface area contributed by atoms with Crippen LogP contribution in [-0.2, 0) is 11.3 Å². The van der Waals surface area contributed by atoms with E-state index in [2.05, 4.69) is 20.8 Å². The van der Waals surface area contributed by atoms with E-state index in [-0.39, 0.29) is 5.91 Å². The van der Waals surface area contributed by atoms with E-state index in [0.29, 0.717) is 30.1 Å². The van der Waals surface area contributed by atoms with E-state index < -0.39 is 0 Å². The number of methoxy groups -OCH3 is 1. The first-order valence-corrected chi connectivity index (χ1v) is 6.40. The van der Waals surface area contributed by atoms with Gasteiger partial charge in [0.05, 0.1) is 36.3 Å². The van der Waals surface area contributed by atoms with Crippen molar-refractivity contribution in [3.05, 3.63) is 35.9 Å². The van der Waals surface area contributed by atoms with Crippen molar-refractivity contribution in [3.63, 3.8) is 0 Å². The number of anilines is 2. The lowest BCUT2D eigenvalue weighted by atomic mass is 10.2. The number of amides is 1. The normalized spacial score (nSPS) is 10.4. The molecule has 0 saturated carbocycles. The third kappa shape index (κ3) is 3.77. The van der Waals surface area contributed by atoms with Gasteiger partial charge < -0.3 is 15.5 Å². The Balaban J connectivity index is 2.09. The number of hydrogen-bond acceptors (Lipinski definition) is 6. The second-order valence-corrected chi connectivity index (χ2v) is 4.45. The number of ether oxygens (including phenoxy) is 1. The molecule has 0 aliphatic carbocycles. The second-order valence-electron chi connectivity index (χ2n) is 4.45. The predicted octanol–water partition coefficient (Wildman–Crippen LogP) is 0.771. The molecule has 0 atom stereocenters. The summed E-state index contributed by atoms with van der Waals surface area (Å²) in [6, 6.07) is 1.71. The Labute approximate surface area is 122 Å². The minimum Gasteiger partial charge on any atom is -0.383 e. The summed E-state index contributed by atoms with van der Waals surface area (Å²) in [6.07, 6.45) is 4.79. The fraction of sp³-hybridized carbons (Fsp3) is 0.308. The van der Waals surface area contributed by atoms with E-state index in [9.17, 15) is 4.79 Å². The number of hydrogen-bond donors (Lipinski definition) is 3. The van der Waals surface area contributed by atoms with Crippen LogP contribution in [-0.4, -0.2) is 34.4 Å². The van der Waals surface area contributed by atoms with Crippen molar-refractivity contribution in [2.75, 3.05) is 24.5 Å². The Morgan fingerprint density at radius 3 is 3.00 bits per heavy atom. The molecule has 2 rings (SSSR count). The third-order valence-electron chi connectivity index (χ3n) is 2.86. The Morgan fingerprint density at radius 1 is 1.48 bits per heavy atom. The lowest BCUT2D eigenvalue weighted by molar-refractivity contribution is 0.102. The lowest BCUT2D eigenvalue weighted by Crippen LogP contribution is -2.17. The van der Waals surface area contributed by atoms with Gasteiger partial charge in [0, 0.05) is 25.2 Å². The molecule has 0 aliphatic rings. The number of carbonyl (C=O) groups excluding carboxylic acids is 1. The molecule has 8 nitrogen and oxygen atoms in total. The monoisotopic (exact) mass is 290 g/mol. The first kappa shape index (κ1) is 14.9. The topological polar surface area (TPSA) is 107 Å². The standard InChI is InChI=1S/C13H18N6O2/c1-9-5-12(18-14)11(7-15-9)13(20)17-10-6-16-19(8-10)3-4-21-2/h5-8H,3-4,14H2,1-2H3,(H,15,18)(H,17,20). The average Bonchev–Trinajstić information content (AvgIpc) is 2.92. The number of nitrogen functional groups attached to an aromatic ring is 1. The van der Waals surface area contributed by atoms with Crippen LogP contribution in [0.5, 0.6) is 0 Å². The van der Waals surface area contributed by atoms with Crippen molar-refractivity contribution >= 4 is 17.3 Å². The smallest absolute Gasteiger partial charge is 0.259 e. The highest BCUT2D eigenvalue weighted by Gasteiger charge is 2.13. The molecule has 0 saturated heterocycles. The fourth-order valence-corrected chi connectivity index (χ4v) is 1.79. The Bertz CT molecular complexity index is 625. The van der Waals surface area contributed by atoms with Crippen molar-refractivity contribution in [1.82, 2.24) is 14.8 Å². The minimum atomic E-state index is -0.304. The van der Waals surface area contributed by atoms with E-state index in [1.54, 1.807) is 30.3 Å². The van der Waals surface area contributed by atoms with Crippen LogP contribution in [0.25, 0.3) is 0 Å². The van der Waals surface area contributed by atoms with Gasteiger partial charge >= 0.3 is 0 Å². The maximum atomic E-state index is 12.2. The van der Waals surface area contributed by atoms with E-state index in [4.69, 9.17) is 10.6 Å². The molecule has 0 bridgehead atoms. The van der Waals surface area contributed by atoms with E-state index >= 15 is 0 Å². The summed E-state index contributed by atoms with van der Waals surface area (Å²) in [5, 5.41) is 6.87. The SMILES string of the molecule is COCCn1cc(NC(=O)c2cnc(C)cc2NN)cn1. The zero-order valence-electron chi connectivity index (χ0n) is 12.0. The molecule has 0 aromatic carbocycles. The molecular formula is C13H18N6O2. The van der Waals surface area contributed by atoms with Gasteiger partial charge in [0.15, 0.2) is 0 Å². The summed E-state index contributed by atoms with van der Waals surface area (Å²) in [5.41, 5.74) is 4.75. The van der Waals surface area contributed by atoms with E-state index in [1.165, 1.54) is 6.20 Å². The number of nitrogens with one attached hydrogen (secondary N) is 2. The van der Waals surface area contributed by atoms with Gasteiger partial charge in [-0.1, -0.05) is 0 Å². The van der Waals surface area contributed by atoms with Crippen LogP contribution in [0.3, 0.4) is 0 Å². The number of pyridine rings is 1. The van der Waals surface area contributed by atoms with Crippen LogP contribution in [0, 0.1) is 6.92 Å². The summed E-state index contributed by atoms with van der Waals surface area (Å²) < 4.78 is 6.66. The molecule has 1 amide bonds. The maximum Gasteiger partial charge on any atom is 0.259 e. The summed E-state index contributed by atoms with van der Waals surface area (Å²) in [4.78, 5) is 16.3. The molecular weight excluding hydrogens is 272 g/mol. The molecule has 0 radical (unpaired) electrons. The Hall–Kier alpha value is -2.45. The summed E-state index contributed by atoms with van der Waals surface area (Å²) in [6.45, 7) is 2.99. The van der Waals surface area contributed by atoms with Crippen molar-refractivity contribution in [2.45, 2.75) is 13.5 Å². The van der Waals surface area contributed by atoms with E-state index in [0.717, 1.165) is 5.69 Å². The van der Waals surface area contributed by atoms with Gasteiger partial charge in [-0.2, -0.15) is 5.10 Å². The number of hydrazine groups is 1. The zero-order chi connectivity index (χ0) is 15.2. The number of aryl methyl sites for hydroxylation is 1. The number of carbonyl (C=O) groups is 1. The first-order valence-electron chi connectivity index (χ1n) is 6.40. The van der Waals surface area contributed by atoms with Gasteiger partial charge in [0.2, 0.25) is 0 Å². The highest BCUT2D eigenvalue weighted by atomic mass is 16.5. The average molecular weight is 290 g/mol. The largest absolute Gasteiger partial charge is 0.383 e. The number of nitrogens with two attached hydrogens (primary N) is 1. The quantitative estimate of drug-likeness (QED) is 0.536. The molecule has 4 N–H and O–H groups in total. The third-order valence-corrected chi connectivity index (χ3v) is 2.86. The van der Waals surface area contributed by atoms with Crippen LogP contribution in [0.2, 0.25) is 0 Å². The second kappa shape index (κ2) is 6.82. The van der Waals surface area contributed by atoms with Gasteiger partial charge in [-0.05, 0) is 13.0 Å². The fourth-order valence-electron chi connectivity index (χ4n) is 1.79. The maximum absolute atomic E-state index is 12.2. The molecule has 2 aromatic heterocycles. The first-order chi connectivity index (χ1) is 10.1. The number of aromatic nitrogens is 3. The van der Waals surface area contributed by atoms with Crippen LogP contribution >= 0.6 is 0 Å². The van der Waals surface area contributed by atoms with Crippen molar-refractivity contribution < 1.29 is 9.53 Å². The van der Waals surface area contributed by atoms with Crippen molar-refractivity contribution in [2.24, 2.45) is 5.84 Å². The molecule has 2 aromatic rings. The lowest BCUT2D eigenvalue weighted by Gasteiger charge is -2.08. The summed E-state index contributed by atoms with van der Waals surface area (Å²) in [7, 11) is 1.62. The molecule has 2 heterocycles. The van der Waals surface area contributed by atoms with Crippen LogP contribution in [0.1, 0.15) is 16.1 Å². The van der Waals surface area contributed by atoms with Gasteiger partial charge in [0.1, 0.15) is 0 Å². The zero-order valence-corrected chi connectivity index (χ0v) is 12.0. The van der Waals surface area contributed by atoms with Crippen molar-refractivity contribution in [1.29, 1.82) is 0 Å². The highest BCUT2D eigenvalue weighted by Crippen LogP contribution is 2.16. The molecule has 0 spiro atoms. The molecule has 0 unspecified atom stereocenters. The molecule has 21 heavy (non-hydrogen) atoms. The van der Waals surface area contributed by atoms with E-state index in [1.807, 2.05) is 6.92 Å². The van der Waals surface area contributed by atoms with Gasteiger partial charge in [-0.15, -0.1) is 0 Å². The van der Waals surface area contributed by atoms with Crippen LogP contribution in [0.4, 0.5) is 11.4 Å². The predicted molar refractivity (Wildman–Crippen MR) is 78.8 cm³/mol.